The van der Waals surface area contributed by atoms with Gasteiger partial charge in [0.25, 0.3) is 0 Å². The Bertz CT molecular complexity index is 228. The van der Waals surface area contributed by atoms with Crippen LogP contribution in [0.25, 0.3) is 0 Å². The molecule has 0 aromatic rings. The Balaban J connectivity index is 0. The summed E-state index contributed by atoms with van der Waals surface area (Å²) in [7, 11) is 0. The lowest BCUT2D eigenvalue weighted by Crippen LogP contribution is -2.44. The first-order valence-electron chi connectivity index (χ1n) is 6.06. The number of aliphatic hydroxyl groups is 1. The number of hydrogen-bond donors (Lipinski definition) is 3. The Kier molecular flexibility index (Phi) is 12.3. The highest BCUT2D eigenvalue weighted by Gasteiger charge is 2.20. The van der Waals surface area contributed by atoms with Gasteiger partial charge in [0, 0.05) is 13.2 Å². The lowest BCUT2D eigenvalue weighted by molar-refractivity contribution is -0.122. The molecule has 0 spiro atoms. The van der Waals surface area contributed by atoms with Gasteiger partial charge in [0.1, 0.15) is 0 Å². The van der Waals surface area contributed by atoms with Gasteiger partial charge in [-0.15, -0.1) is 12.4 Å². The smallest absolute Gasteiger partial charge is 0.236 e. The molecule has 0 bridgehead atoms. The van der Waals surface area contributed by atoms with Gasteiger partial charge in [0.2, 0.25) is 5.91 Å². The van der Waals surface area contributed by atoms with Crippen molar-refractivity contribution in [3.8, 4) is 0 Å². The van der Waals surface area contributed by atoms with Crippen molar-refractivity contribution in [3.05, 3.63) is 0 Å². The number of thioether (sulfide) groups is 1. The molecule has 0 heterocycles. The SMILES string of the molecule is CSCCC(N)C(=O)NCC(C)(C)CCCO.Cl. The van der Waals surface area contributed by atoms with Crippen LogP contribution in [0, 0.1) is 5.41 Å². The fourth-order valence-corrected chi connectivity index (χ4v) is 1.97. The standard InChI is InChI=1S/C12H26N2O2S.ClH/c1-12(2,6-4-7-15)9-14-11(16)10(13)5-8-17-3;/h10,15H,4-9,13H2,1-3H3,(H,14,16);1H. The van der Waals surface area contributed by atoms with E-state index in [1.165, 1.54) is 0 Å². The van der Waals surface area contributed by atoms with Crippen molar-refractivity contribution in [2.24, 2.45) is 11.1 Å². The van der Waals surface area contributed by atoms with Crippen molar-refractivity contribution in [2.45, 2.75) is 39.2 Å². The number of hydrogen-bond acceptors (Lipinski definition) is 4. The van der Waals surface area contributed by atoms with Crippen molar-refractivity contribution in [3.63, 3.8) is 0 Å². The molecule has 0 aromatic heterocycles. The van der Waals surface area contributed by atoms with Crippen molar-refractivity contribution in [1.29, 1.82) is 0 Å². The molecule has 0 radical (unpaired) electrons. The zero-order valence-electron chi connectivity index (χ0n) is 11.6. The molecule has 110 valence electrons. The fraction of sp³-hybridized carbons (Fsp3) is 0.917. The monoisotopic (exact) mass is 298 g/mol. The molecule has 18 heavy (non-hydrogen) atoms. The zero-order valence-corrected chi connectivity index (χ0v) is 13.2. The van der Waals surface area contributed by atoms with Crippen LogP contribution in [0.4, 0.5) is 0 Å². The summed E-state index contributed by atoms with van der Waals surface area (Å²) < 4.78 is 0. The molecule has 1 atom stereocenters. The summed E-state index contributed by atoms with van der Waals surface area (Å²) in [6, 6.07) is -0.406. The van der Waals surface area contributed by atoms with Crippen LogP contribution < -0.4 is 11.1 Å². The van der Waals surface area contributed by atoms with Gasteiger partial charge in [-0.2, -0.15) is 11.8 Å². The Hall–Kier alpha value is 0.0300. The van der Waals surface area contributed by atoms with Crippen LogP contribution in [0.5, 0.6) is 0 Å². The van der Waals surface area contributed by atoms with Crippen LogP contribution in [-0.4, -0.2) is 42.2 Å². The van der Waals surface area contributed by atoms with E-state index < -0.39 is 6.04 Å². The van der Waals surface area contributed by atoms with E-state index in [1.54, 1.807) is 11.8 Å². The van der Waals surface area contributed by atoms with Gasteiger partial charge in [-0.1, -0.05) is 13.8 Å². The van der Waals surface area contributed by atoms with E-state index in [-0.39, 0.29) is 30.3 Å². The summed E-state index contributed by atoms with van der Waals surface area (Å²) in [5.41, 5.74) is 5.78. The van der Waals surface area contributed by atoms with Crippen molar-refractivity contribution < 1.29 is 9.90 Å². The summed E-state index contributed by atoms with van der Waals surface area (Å²) in [4.78, 5) is 11.7. The Morgan fingerprint density at radius 1 is 1.50 bits per heavy atom. The molecule has 0 aromatic carbocycles. The maximum atomic E-state index is 11.7. The average molecular weight is 299 g/mol. The predicted molar refractivity (Wildman–Crippen MR) is 81.3 cm³/mol. The number of nitrogens with two attached hydrogens (primary N) is 1. The molecule has 6 heteroatoms. The van der Waals surface area contributed by atoms with Crippen LogP contribution in [0.3, 0.4) is 0 Å². The first kappa shape index (κ1) is 20.3. The molecule has 4 N–H and O–H groups in total. The molecule has 1 amide bonds. The van der Waals surface area contributed by atoms with Gasteiger partial charge < -0.3 is 16.2 Å². The molecule has 0 fully saturated rings. The molecular weight excluding hydrogens is 272 g/mol. The van der Waals surface area contributed by atoms with E-state index in [0.29, 0.717) is 13.0 Å². The lowest BCUT2D eigenvalue weighted by atomic mass is 9.88. The summed E-state index contributed by atoms with van der Waals surface area (Å²) in [6.07, 6.45) is 4.37. The van der Waals surface area contributed by atoms with E-state index in [2.05, 4.69) is 19.2 Å². The minimum atomic E-state index is -0.406. The van der Waals surface area contributed by atoms with E-state index in [9.17, 15) is 4.79 Å². The molecule has 4 nitrogen and oxygen atoms in total. The molecule has 0 aliphatic heterocycles. The molecule has 1 unspecified atom stereocenters. The van der Waals surface area contributed by atoms with E-state index in [4.69, 9.17) is 10.8 Å². The second-order valence-corrected chi connectivity index (χ2v) is 6.08. The summed E-state index contributed by atoms with van der Waals surface area (Å²) in [5, 5.41) is 11.7. The Morgan fingerprint density at radius 2 is 2.11 bits per heavy atom. The van der Waals surface area contributed by atoms with Gasteiger partial charge in [0.15, 0.2) is 0 Å². The van der Waals surface area contributed by atoms with Crippen LogP contribution in [0.1, 0.15) is 33.1 Å². The normalized spacial score (nSPS) is 12.7. The highest BCUT2D eigenvalue weighted by molar-refractivity contribution is 7.98. The number of aliphatic hydroxyl groups excluding tert-OH is 1. The first-order chi connectivity index (χ1) is 7.93. The third-order valence-electron chi connectivity index (χ3n) is 2.72. The maximum Gasteiger partial charge on any atom is 0.236 e. The van der Waals surface area contributed by atoms with Gasteiger partial charge in [-0.3, -0.25) is 4.79 Å². The predicted octanol–water partition coefficient (Wildman–Crippen LogP) is 1.40. The van der Waals surface area contributed by atoms with Crippen molar-refractivity contribution >= 4 is 30.1 Å². The van der Waals surface area contributed by atoms with Crippen molar-refractivity contribution in [2.75, 3.05) is 25.2 Å². The zero-order chi connectivity index (χ0) is 13.3. The minimum absolute atomic E-state index is 0. The number of nitrogens with one attached hydrogen (secondary N) is 1. The molecular formula is C12H27ClN2O2S. The number of carbonyl (C=O) groups excluding carboxylic acids is 1. The molecule has 0 aliphatic carbocycles. The average Bonchev–Trinajstić information content (AvgIpc) is 2.30. The third-order valence-corrected chi connectivity index (χ3v) is 3.37. The number of rotatable bonds is 9. The lowest BCUT2D eigenvalue weighted by Gasteiger charge is -2.25. The Labute approximate surface area is 121 Å². The van der Waals surface area contributed by atoms with E-state index in [0.717, 1.165) is 18.6 Å². The highest BCUT2D eigenvalue weighted by atomic mass is 35.5. The largest absolute Gasteiger partial charge is 0.396 e. The number of carbonyl (C=O) groups is 1. The van der Waals surface area contributed by atoms with E-state index >= 15 is 0 Å². The minimum Gasteiger partial charge on any atom is -0.396 e. The van der Waals surface area contributed by atoms with Gasteiger partial charge in [-0.05, 0) is 36.7 Å². The quantitative estimate of drug-likeness (QED) is 0.601. The van der Waals surface area contributed by atoms with Crippen LogP contribution in [0.2, 0.25) is 0 Å². The number of amides is 1. The van der Waals surface area contributed by atoms with Crippen LogP contribution >= 0.6 is 24.2 Å². The molecule has 0 saturated heterocycles. The second kappa shape index (κ2) is 10.9. The van der Waals surface area contributed by atoms with Crippen molar-refractivity contribution in [1.82, 2.24) is 5.32 Å². The molecule has 0 rings (SSSR count). The van der Waals surface area contributed by atoms with Gasteiger partial charge in [0.05, 0.1) is 6.04 Å². The highest BCUT2D eigenvalue weighted by Crippen LogP contribution is 2.20. The summed E-state index contributed by atoms with van der Waals surface area (Å²) in [6.45, 7) is 4.97. The summed E-state index contributed by atoms with van der Waals surface area (Å²) >= 11 is 1.69. The molecule has 0 saturated carbocycles. The fourth-order valence-electron chi connectivity index (χ4n) is 1.48. The molecule has 0 aliphatic rings. The summed E-state index contributed by atoms with van der Waals surface area (Å²) in [5.74, 6) is 0.832. The number of halogens is 1. The van der Waals surface area contributed by atoms with E-state index in [1.807, 2.05) is 6.26 Å². The van der Waals surface area contributed by atoms with Gasteiger partial charge in [-0.25, -0.2) is 0 Å². The third kappa shape index (κ3) is 10.00. The van der Waals surface area contributed by atoms with Crippen LogP contribution in [-0.2, 0) is 4.79 Å². The van der Waals surface area contributed by atoms with Gasteiger partial charge >= 0.3 is 0 Å². The maximum absolute atomic E-state index is 11.7. The second-order valence-electron chi connectivity index (χ2n) is 5.10. The Morgan fingerprint density at radius 3 is 2.61 bits per heavy atom. The first-order valence-corrected chi connectivity index (χ1v) is 7.45. The van der Waals surface area contributed by atoms with Crippen LogP contribution in [0.15, 0.2) is 0 Å². The topological polar surface area (TPSA) is 75.4 Å².